The molecule has 30 heavy (non-hydrogen) atoms. The van der Waals surface area contributed by atoms with Crippen molar-refractivity contribution in [1.82, 2.24) is 4.90 Å². The van der Waals surface area contributed by atoms with Crippen LogP contribution in [0.15, 0.2) is 69.8 Å². The normalized spacial score (nSPS) is 10.4. The van der Waals surface area contributed by atoms with Crippen molar-refractivity contribution in [3.63, 3.8) is 0 Å². The molecule has 0 aliphatic carbocycles. The average Bonchev–Trinajstić information content (AvgIpc) is 3.25. The summed E-state index contributed by atoms with van der Waals surface area (Å²) in [6, 6.07) is 15.2. The van der Waals surface area contributed by atoms with E-state index in [0.717, 1.165) is 10.0 Å². The van der Waals surface area contributed by atoms with Crippen LogP contribution in [0.25, 0.3) is 0 Å². The molecular weight excluding hydrogens is 450 g/mol. The molecule has 0 unspecified atom stereocenters. The highest BCUT2D eigenvalue weighted by Crippen LogP contribution is 2.20. The van der Waals surface area contributed by atoms with E-state index < -0.39 is 5.91 Å². The number of rotatable bonds is 6. The third-order valence-electron chi connectivity index (χ3n) is 4.30. The molecule has 3 aromatic rings. The van der Waals surface area contributed by atoms with Crippen molar-refractivity contribution in [2.24, 2.45) is 0 Å². The number of hydrogen-bond donors (Lipinski definition) is 2. The molecule has 8 heteroatoms. The number of halogens is 1. The minimum Gasteiger partial charge on any atom is -0.459 e. The van der Waals surface area contributed by atoms with Crippen LogP contribution >= 0.6 is 15.9 Å². The van der Waals surface area contributed by atoms with Gasteiger partial charge in [-0.05, 0) is 61.0 Å². The maximum atomic E-state index is 12.7. The van der Waals surface area contributed by atoms with Crippen molar-refractivity contribution in [3.8, 4) is 0 Å². The maximum Gasteiger partial charge on any atom is 0.291 e. The van der Waals surface area contributed by atoms with Crippen LogP contribution in [-0.2, 0) is 4.79 Å². The summed E-state index contributed by atoms with van der Waals surface area (Å²) < 4.78 is 5.98. The first-order valence-corrected chi connectivity index (χ1v) is 9.89. The molecule has 1 heterocycles. The van der Waals surface area contributed by atoms with Crippen LogP contribution in [0.5, 0.6) is 0 Å². The van der Waals surface area contributed by atoms with E-state index in [1.54, 1.807) is 49.5 Å². The number of hydrogen-bond acceptors (Lipinski definition) is 4. The van der Waals surface area contributed by atoms with Crippen molar-refractivity contribution < 1.29 is 18.8 Å². The lowest BCUT2D eigenvalue weighted by molar-refractivity contribution is -0.116. The van der Waals surface area contributed by atoms with E-state index in [-0.39, 0.29) is 24.1 Å². The van der Waals surface area contributed by atoms with Gasteiger partial charge in [0.15, 0.2) is 5.76 Å². The minimum atomic E-state index is -0.415. The number of nitrogens with zero attached hydrogens (tertiary/aromatic N) is 1. The van der Waals surface area contributed by atoms with Crippen LogP contribution in [0.2, 0.25) is 0 Å². The highest BCUT2D eigenvalue weighted by atomic mass is 79.9. The first-order valence-electron chi connectivity index (χ1n) is 9.10. The van der Waals surface area contributed by atoms with Gasteiger partial charge in [0, 0.05) is 28.5 Å². The van der Waals surface area contributed by atoms with Gasteiger partial charge in [0.25, 0.3) is 11.8 Å². The van der Waals surface area contributed by atoms with E-state index in [9.17, 15) is 14.4 Å². The number of anilines is 2. The third-order valence-corrected chi connectivity index (χ3v) is 4.80. The molecule has 0 spiro atoms. The Kier molecular flexibility index (Phi) is 6.68. The zero-order valence-electron chi connectivity index (χ0n) is 16.4. The summed E-state index contributed by atoms with van der Waals surface area (Å²) >= 11 is 3.38. The minimum absolute atomic E-state index is 0.114. The van der Waals surface area contributed by atoms with Crippen LogP contribution in [0, 0.1) is 6.92 Å². The molecule has 1 aromatic heterocycles. The van der Waals surface area contributed by atoms with Crippen molar-refractivity contribution in [2.75, 3.05) is 24.2 Å². The fraction of sp³-hybridized carbons (Fsp3) is 0.136. The molecule has 0 fully saturated rings. The molecule has 3 rings (SSSR count). The number of carbonyl (C=O) groups is 3. The zero-order valence-corrected chi connectivity index (χ0v) is 18.0. The van der Waals surface area contributed by atoms with E-state index in [4.69, 9.17) is 4.42 Å². The fourth-order valence-electron chi connectivity index (χ4n) is 2.80. The molecule has 2 aromatic carbocycles. The van der Waals surface area contributed by atoms with E-state index in [1.165, 1.54) is 11.2 Å². The van der Waals surface area contributed by atoms with Crippen molar-refractivity contribution in [2.45, 2.75) is 6.92 Å². The summed E-state index contributed by atoms with van der Waals surface area (Å²) in [6.07, 6.45) is 1.41. The molecule has 2 N–H and O–H groups in total. The highest BCUT2D eigenvalue weighted by Gasteiger charge is 2.17. The lowest BCUT2D eigenvalue weighted by atomic mass is 10.1. The van der Waals surface area contributed by atoms with Crippen molar-refractivity contribution >= 4 is 45.0 Å². The summed E-state index contributed by atoms with van der Waals surface area (Å²) in [6.45, 7) is 1.77. The van der Waals surface area contributed by atoms with Gasteiger partial charge in [-0.25, -0.2) is 0 Å². The van der Waals surface area contributed by atoms with E-state index in [1.807, 2.05) is 19.1 Å². The molecule has 154 valence electrons. The van der Waals surface area contributed by atoms with E-state index in [2.05, 4.69) is 26.6 Å². The van der Waals surface area contributed by atoms with Gasteiger partial charge in [-0.15, -0.1) is 0 Å². The van der Waals surface area contributed by atoms with Crippen LogP contribution in [0.4, 0.5) is 11.4 Å². The molecule has 0 atom stereocenters. The first-order chi connectivity index (χ1) is 14.3. The molecule has 7 nitrogen and oxygen atoms in total. The predicted molar refractivity (Wildman–Crippen MR) is 118 cm³/mol. The lowest BCUT2D eigenvalue weighted by Gasteiger charge is -2.18. The molecular formula is C22H20BrN3O4. The van der Waals surface area contributed by atoms with Crippen LogP contribution in [0.3, 0.4) is 0 Å². The molecule has 3 amide bonds. The monoisotopic (exact) mass is 469 g/mol. The van der Waals surface area contributed by atoms with E-state index in [0.29, 0.717) is 16.9 Å². The summed E-state index contributed by atoms with van der Waals surface area (Å²) in [4.78, 5) is 38.5. The number of benzene rings is 2. The van der Waals surface area contributed by atoms with Crippen LogP contribution in [0.1, 0.15) is 26.5 Å². The van der Waals surface area contributed by atoms with Gasteiger partial charge in [0.05, 0.1) is 12.8 Å². The summed E-state index contributed by atoms with van der Waals surface area (Å²) in [5, 5.41) is 5.48. The molecule has 0 aliphatic rings. The topological polar surface area (TPSA) is 91.7 Å². The standard InChI is InChI=1S/C22H20BrN3O4/c1-14-11-16(23)8-9-18(14)25-20(27)13-26(2)22(29)15-5-3-6-17(12-15)24-21(28)19-7-4-10-30-19/h3-12H,13H2,1-2H3,(H,24,28)(H,25,27). The number of amides is 3. The summed E-state index contributed by atoms with van der Waals surface area (Å²) in [5.74, 6) is -0.892. The Balaban J connectivity index is 1.62. The Hall–Kier alpha value is -3.39. The fourth-order valence-corrected chi connectivity index (χ4v) is 3.27. The Morgan fingerprint density at radius 2 is 1.83 bits per heavy atom. The Bertz CT molecular complexity index is 1080. The van der Waals surface area contributed by atoms with Crippen LogP contribution in [-0.4, -0.2) is 36.2 Å². The zero-order chi connectivity index (χ0) is 21.7. The Labute approximate surface area is 182 Å². The largest absolute Gasteiger partial charge is 0.459 e. The van der Waals surface area contributed by atoms with Crippen LogP contribution < -0.4 is 10.6 Å². The lowest BCUT2D eigenvalue weighted by Crippen LogP contribution is -2.35. The highest BCUT2D eigenvalue weighted by molar-refractivity contribution is 9.10. The van der Waals surface area contributed by atoms with Gasteiger partial charge in [-0.2, -0.15) is 0 Å². The maximum absolute atomic E-state index is 12.7. The number of carbonyl (C=O) groups excluding carboxylic acids is 3. The third kappa shape index (κ3) is 5.36. The van der Waals surface area contributed by atoms with Gasteiger partial charge in [0.1, 0.15) is 0 Å². The molecule has 0 radical (unpaired) electrons. The first kappa shape index (κ1) is 21.3. The molecule has 0 saturated carbocycles. The van der Waals surface area contributed by atoms with Gasteiger partial charge < -0.3 is 20.0 Å². The second-order valence-electron chi connectivity index (χ2n) is 6.68. The van der Waals surface area contributed by atoms with E-state index >= 15 is 0 Å². The summed E-state index contributed by atoms with van der Waals surface area (Å²) in [5.41, 5.74) is 2.39. The predicted octanol–water partition coefficient (Wildman–Crippen LogP) is 4.31. The molecule has 0 saturated heterocycles. The summed E-state index contributed by atoms with van der Waals surface area (Å²) in [7, 11) is 1.55. The number of aryl methyl sites for hydroxylation is 1. The second-order valence-corrected chi connectivity index (χ2v) is 7.60. The van der Waals surface area contributed by atoms with Crippen molar-refractivity contribution in [1.29, 1.82) is 0 Å². The average molecular weight is 470 g/mol. The van der Waals surface area contributed by atoms with Gasteiger partial charge in [-0.3, -0.25) is 14.4 Å². The van der Waals surface area contributed by atoms with Gasteiger partial charge in [-0.1, -0.05) is 22.0 Å². The van der Waals surface area contributed by atoms with Crippen molar-refractivity contribution in [3.05, 3.63) is 82.2 Å². The van der Waals surface area contributed by atoms with Gasteiger partial charge in [0.2, 0.25) is 5.91 Å². The number of likely N-dealkylation sites (N-methyl/N-ethyl adjacent to an activating group) is 1. The number of furan rings is 1. The molecule has 0 aliphatic heterocycles. The smallest absolute Gasteiger partial charge is 0.291 e. The SMILES string of the molecule is Cc1cc(Br)ccc1NC(=O)CN(C)C(=O)c1cccc(NC(=O)c2ccco2)c1. The molecule has 0 bridgehead atoms. The Morgan fingerprint density at radius 3 is 2.53 bits per heavy atom. The van der Waals surface area contributed by atoms with Gasteiger partial charge >= 0.3 is 0 Å². The Morgan fingerprint density at radius 1 is 1.03 bits per heavy atom. The number of nitrogens with one attached hydrogen (secondary N) is 2. The quantitative estimate of drug-likeness (QED) is 0.562. The second kappa shape index (κ2) is 9.41.